The Balaban J connectivity index is 1.99. The van der Waals surface area contributed by atoms with Crippen molar-refractivity contribution in [3.05, 3.63) is 70.2 Å². The van der Waals surface area contributed by atoms with E-state index in [9.17, 15) is 0 Å². The third kappa shape index (κ3) is 3.83. The van der Waals surface area contributed by atoms with Gasteiger partial charge >= 0.3 is 0 Å². The monoisotopic (exact) mass is 287 g/mol. The molecule has 0 aliphatic carbocycles. The maximum atomic E-state index is 7.37. The van der Waals surface area contributed by atoms with Crippen LogP contribution < -0.4 is 5.73 Å². The third-order valence-electron chi connectivity index (χ3n) is 3.12. The van der Waals surface area contributed by atoms with Crippen molar-refractivity contribution in [1.29, 1.82) is 5.41 Å². The van der Waals surface area contributed by atoms with Crippen molar-refractivity contribution in [3.63, 3.8) is 0 Å². The molecule has 4 heteroatoms. The summed E-state index contributed by atoms with van der Waals surface area (Å²) in [5.41, 5.74) is 8.50. The summed E-state index contributed by atoms with van der Waals surface area (Å²) in [7, 11) is 2.06. The molecule has 0 aromatic heterocycles. The van der Waals surface area contributed by atoms with Gasteiger partial charge in [-0.3, -0.25) is 10.3 Å². The van der Waals surface area contributed by atoms with Crippen molar-refractivity contribution >= 4 is 17.4 Å². The van der Waals surface area contributed by atoms with Crippen LogP contribution in [0.15, 0.2) is 48.5 Å². The van der Waals surface area contributed by atoms with Gasteiger partial charge in [0.15, 0.2) is 0 Å². The Bertz CT molecular complexity index is 593. The van der Waals surface area contributed by atoms with Crippen LogP contribution in [0.4, 0.5) is 0 Å². The van der Waals surface area contributed by atoms with Crippen LogP contribution in [0.1, 0.15) is 16.7 Å². The molecule has 2 aromatic carbocycles. The standard InChI is InChI=1S/C16H18ClN3/c1-20(11-14-4-2-3-5-15(14)17)10-12-6-8-13(9-7-12)16(18)19/h2-9H,10-11H2,1H3,(H3,18,19). The number of rotatable bonds is 5. The number of benzene rings is 2. The Morgan fingerprint density at radius 3 is 2.35 bits per heavy atom. The topological polar surface area (TPSA) is 53.1 Å². The molecule has 2 aromatic rings. The van der Waals surface area contributed by atoms with Crippen LogP contribution in [-0.4, -0.2) is 17.8 Å². The fraction of sp³-hybridized carbons (Fsp3) is 0.188. The SMILES string of the molecule is CN(Cc1ccc(C(=N)N)cc1)Cc1ccccc1Cl. The summed E-state index contributed by atoms with van der Waals surface area (Å²) in [6, 6.07) is 15.6. The van der Waals surface area contributed by atoms with Crippen molar-refractivity contribution in [2.45, 2.75) is 13.1 Å². The van der Waals surface area contributed by atoms with Gasteiger partial charge in [-0.15, -0.1) is 0 Å². The molecule has 0 unspecified atom stereocenters. The summed E-state index contributed by atoms with van der Waals surface area (Å²) in [6.07, 6.45) is 0. The maximum Gasteiger partial charge on any atom is 0.122 e. The van der Waals surface area contributed by atoms with Crippen LogP contribution in [-0.2, 0) is 13.1 Å². The molecule has 104 valence electrons. The zero-order valence-electron chi connectivity index (χ0n) is 11.4. The van der Waals surface area contributed by atoms with Gasteiger partial charge in [0.25, 0.3) is 0 Å². The van der Waals surface area contributed by atoms with E-state index in [-0.39, 0.29) is 5.84 Å². The van der Waals surface area contributed by atoms with Gasteiger partial charge in [0.1, 0.15) is 5.84 Å². The van der Waals surface area contributed by atoms with E-state index in [1.54, 1.807) is 0 Å². The molecule has 0 saturated heterocycles. The van der Waals surface area contributed by atoms with Gasteiger partial charge < -0.3 is 5.73 Å². The van der Waals surface area contributed by atoms with E-state index < -0.39 is 0 Å². The molecule has 0 spiro atoms. The minimum absolute atomic E-state index is 0.0981. The molecule has 3 nitrogen and oxygen atoms in total. The van der Waals surface area contributed by atoms with Crippen LogP contribution in [0.5, 0.6) is 0 Å². The predicted octanol–water partition coefficient (Wildman–Crippen LogP) is 3.26. The molecule has 0 fully saturated rings. The lowest BCUT2D eigenvalue weighted by Crippen LogP contribution is -2.17. The number of nitrogens with one attached hydrogen (secondary N) is 1. The minimum atomic E-state index is 0.0981. The van der Waals surface area contributed by atoms with Crippen LogP contribution in [0, 0.1) is 5.41 Å². The van der Waals surface area contributed by atoms with Gasteiger partial charge in [-0.2, -0.15) is 0 Å². The highest BCUT2D eigenvalue weighted by atomic mass is 35.5. The Morgan fingerprint density at radius 1 is 1.10 bits per heavy atom. The lowest BCUT2D eigenvalue weighted by Gasteiger charge is -2.17. The number of nitrogens with two attached hydrogens (primary N) is 1. The van der Waals surface area contributed by atoms with Crippen LogP contribution in [0.25, 0.3) is 0 Å². The van der Waals surface area contributed by atoms with Gasteiger partial charge in [-0.25, -0.2) is 0 Å². The number of halogens is 1. The summed E-state index contributed by atoms with van der Waals surface area (Å²) >= 11 is 6.16. The molecule has 0 aliphatic rings. The zero-order valence-corrected chi connectivity index (χ0v) is 12.2. The van der Waals surface area contributed by atoms with E-state index in [0.717, 1.165) is 29.2 Å². The second-order valence-corrected chi connectivity index (χ2v) is 5.28. The normalized spacial score (nSPS) is 10.8. The van der Waals surface area contributed by atoms with Crippen molar-refractivity contribution in [2.75, 3.05) is 7.05 Å². The van der Waals surface area contributed by atoms with E-state index in [4.69, 9.17) is 22.7 Å². The fourth-order valence-electron chi connectivity index (χ4n) is 2.07. The van der Waals surface area contributed by atoms with E-state index in [1.807, 2.05) is 48.5 Å². The first kappa shape index (κ1) is 14.6. The van der Waals surface area contributed by atoms with Gasteiger partial charge in [-0.1, -0.05) is 54.1 Å². The number of nitrogen functional groups attached to an aromatic ring is 1. The largest absolute Gasteiger partial charge is 0.384 e. The van der Waals surface area contributed by atoms with E-state index in [2.05, 4.69) is 11.9 Å². The molecule has 2 rings (SSSR count). The van der Waals surface area contributed by atoms with Crippen LogP contribution in [0.3, 0.4) is 0 Å². The molecule has 0 heterocycles. The average Bonchev–Trinajstić information content (AvgIpc) is 2.42. The van der Waals surface area contributed by atoms with Gasteiger partial charge in [-0.05, 0) is 24.2 Å². The zero-order chi connectivity index (χ0) is 14.5. The van der Waals surface area contributed by atoms with Crippen molar-refractivity contribution in [3.8, 4) is 0 Å². The predicted molar refractivity (Wildman–Crippen MR) is 84.1 cm³/mol. The highest BCUT2D eigenvalue weighted by molar-refractivity contribution is 6.31. The number of hydrogen-bond donors (Lipinski definition) is 2. The lowest BCUT2D eigenvalue weighted by atomic mass is 10.1. The van der Waals surface area contributed by atoms with Crippen LogP contribution >= 0.6 is 11.6 Å². The van der Waals surface area contributed by atoms with E-state index in [1.165, 1.54) is 5.56 Å². The van der Waals surface area contributed by atoms with E-state index >= 15 is 0 Å². The van der Waals surface area contributed by atoms with Crippen LogP contribution in [0.2, 0.25) is 5.02 Å². The third-order valence-corrected chi connectivity index (χ3v) is 3.48. The summed E-state index contributed by atoms with van der Waals surface area (Å²) in [6.45, 7) is 1.62. The fourth-order valence-corrected chi connectivity index (χ4v) is 2.27. The van der Waals surface area contributed by atoms with Gasteiger partial charge in [0, 0.05) is 23.7 Å². The number of amidine groups is 1. The molecule has 0 amide bonds. The average molecular weight is 288 g/mol. The van der Waals surface area contributed by atoms with Crippen molar-refractivity contribution in [2.24, 2.45) is 5.73 Å². The highest BCUT2D eigenvalue weighted by Gasteiger charge is 2.05. The van der Waals surface area contributed by atoms with Gasteiger partial charge in [0.05, 0.1) is 0 Å². The highest BCUT2D eigenvalue weighted by Crippen LogP contribution is 2.17. The Hall–Kier alpha value is -1.84. The van der Waals surface area contributed by atoms with Gasteiger partial charge in [0.2, 0.25) is 0 Å². The molecule has 0 radical (unpaired) electrons. The summed E-state index contributed by atoms with van der Waals surface area (Å²) in [5.74, 6) is 0.0981. The quantitative estimate of drug-likeness (QED) is 0.655. The molecule has 20 heavy (non-hydrogen) atoms. The van der Waals surface area contributed by atoms with Crippen molar-refractivity contribution < 1.29 is 0 Å². The first-order chi connectivity index (χ1) is 9.56. The molecule has 0 saturated carbocycles. The maximum absolute atomic E-state index is 7.37. The second-order valence-electron chi connectivity index (χ2n) is 4.87. The lowest BCUT2D eigenvalue weighted by molar-refractivity contribution is 0.319. The van der Waals surface area contributed by atoms with E-state index in [0.29, 0.717) is 0 Å². The first-order valence-electron chi connectivity index (χ1n) is 6.41. The molecule has 0 aliphatic heterocycles. The first-order valence-corrected chi connectivity index (χ1v) is 6.79. The summed E-state index contributed by atoms with van der Waals surface area (Å²) < 4.78 is 0. The molecular weight excluding hydrogens is 270 g/mol. The molecule has 3 N–H and O–H groups in total. The minimum Gasteiger partial charge on any atom is -0.384 e. The summed E-state index contributed by atoms with van der Waals surface area (Å²) in [5, 5.41) is 8.17. The number of nitrogens with zero attached hydrogens (tertiary/aromatic N) is 1. The molecular formula is C16H18ClN3. The van der Waals surface area contributed by atoms with Crippen molar-refractivity contribution in [1.82, 2.24) is 4.90 Å². The Kier molecular flexibility index (Phi) is 4.77. The Morgan fingerprint density at radius 2 is 1.75 bits per heavy atom. The molecule has 0 atom stereocenters. The summed E-state index contributed by atoms with van der Waals surface area (Å²) in [4.78, 5) is 2.20. The number of hydrogen-bond acceptors (Lipinski definition) is 2. The second kappa shape index (κ2) is 6.55. The molecule has 0 bridgehead atoms. The Labute approximate surface area is 124 Å². The smallest absolute Gasteiger partial charge is 0.122 e.